The van der Waals surface area contributed by atoms with Gasteiger partial charge in [0.1, 0.15) is 5.82 Å². The molecule has 0 saturated carbocycles. The molecule has 1 aromatic rings. The monoisotopic (exact) mass is 170 g/mol. The second kappa shape index (κ2) is 4.23. The van der Waals surface area contributed by atoms with Crippen LogP contribution in [0.2, 0.25) is 0 Å². The van der Waals surface area contributed by atoms with E-state index in [0.29, 0.717) is 6.42 Å². The molecule has 0 aromatic carbocycles. The molecule has 0 aliphatic carbocycles. The van der Waals surface area contributed by atoms with Crippen molar-refractivity contribution in [2.75, 3.05) is 6.61 Å². The number of hydrogen-bond donors (Lipinski definition) is 3. The van der Waals surface area contributed by atoms with E-state index in [1.807, 2.05) is 0 Å². The number of imidazole rings is 1. The zero-order chi connectivity index (χ0) is 8.97. The minimum atomic E-state index is -0.500. The molecule has 0 radical (unpaired) electrons. The maximum atomic E-state index is 9.14. The Balaban J connectivity index is 2.52. The first-order valence-corrected chi connectivity index (χ1v) is 4.06. The SMILES string of the molecule is CC(O)c1cnc(CCCO)[nH]1. The van der Waals surface area contributed by atoms with Gasteiger partial charge in [-0.2, -0.15) is 0 Å². The maximum Gasteiger partial charge on any atom is 0.106 e. The largest absolute Gasteiger partial charge is 0.396 e. The molecule has 0 spiro atoms. The maximum absolute atomic E-state index is 9.14. The lowest BCUT2D eigenvalue weighted by Crippen LogP contribution is -1.94. The van der Waals surface area contributed by atoms with Gasteiger partial charge in [0, 0.05) is 13.0 Å². The molecule has 0 fully saturated rings. The molecule has 0 aliphatic rings. The number of hydrogen-bond acceptors (Lipinski definition) is 3. The number of nitrogens with zero attached hydrogens (tertiary/aromatic N) is 1. The summed E-state index contributed by atoms with van der Waals surface area (Å²) in [6.45, 7) is 1.86. The van der Waals surface area contributed by atoms with Crippen molar-refractivity contribution in [3.8, 4) is 0 Å². The van der Waals surface area contributed by atoms with Gasteiger partial charge in [0.05, 0.1) is 18.0 Å². The van der Waals surface area contributed by atoms with Crippen LogP contribution in [0.3, 0.4) is 0 Å². The minimum absolute atomic E-state index is 0.171. The topological polar surface area (TPSA) is 69.1 Å². The number of aromatic amines is 1. The summed E-state index contributed by atoms with van der Waals surface area (Å²) in [5.41, 5.74) is 0.725. The summed E-state index contributed by atoms with van der Waals surface area (Å²) in [6.07, 6.45) is 2.55. The highest BCUT2D eigenvalue weighted by molar-refractivity contribution is 5.03. The number of aromatic nitrogens is 2. The van der Waals surface area contributed by atoms with Crippen LogP contribution in [0.25, 0.3) is 0 Å². The number of nitrogens with one attached hydrogen (secondary N) is 1. The smallest absolute Gasteiger partial charge is 0.106 e. The second-order valence-corrected chi connectivity index (χ2v) is 2.79. The summed E-state index contributed by atoms with van der Waals surface area (Å²) in [5.74, 6) is 0.819. The molecule has 1 unspecified atom stereocenters. The van der Waals surface area contributed by atoms with Crippen LogP contribution in [0, 0.1) is 0 Å². The summed E-state index contributed by atoms with van der Waals surface area (Å²) in [6, 6.07) is 0. The first kappa shape index (κ1) is 9.22. The van der Waals surface area contributed by atoms with Crippen molar-refractivity contribution < 1.29 is 10.2 Å². The first-order valence-electron chi connectivity index (χ1n) is 4.06. The van der Waals surface area contributed by atoms with Crippen molar-refractivity contribution in [1.82, 2.24) is 9.97 Å². The Kier molecular flexibility index (Phi) is 3.25. The third kappa shape index (κ3) is 2.32. The molecule has 1 aromatic heterocycles. The summed E-state index contributed by atoms with van der Waals surface area (Å²) in [4.78, 5) is 7.02. The molecule has 12 heavy (non-hydrogen) atoms. The van der Waals surface area contributed by atoms with Crippen LogP contribution in [0.15, 0.2) is 6.20 Å². The fraction of sp³-hybridized carbons (Fsp3) is 0.625. The molecule has 0 aliphatic heterocycles. The van der Waals surface area contributed by atoms with Gasteiger partial charge in [0.15, 0.2) is 0 Å². The number of H-pyrrole nitrogens is 1. The molecule has 0 amide bonds. The Bertz CT molecular complexity index is 233. The highest BCUT2D eigenvalue weighted by Gasteiger charge is 2.04. The highest BCUT2D eigenvalue weighted by Crippen LogP contribution is 2.08. The average molecular weight is 170 g/mol. The lowest BCUT2D eigenvalue weighted by atomic mass is 10.3. The number of aliphatic hydroxyl groups excluding tert-OH is 2. The van der Waals surface area contributed by atoms with Gasteiger partial charge in [0.25, 0.3) is 0 Å². The van der Waals surface area contributed by atoms with E-state index < -0.39 is 6.10 Å². The van der Waals surface area contributed by atoms with Crippen LogP contribution in [-0.2, 0) is 6.42 Å². The van der Waals surface area contributed by atoms with Crippen LogP contribution in [0.5, 0.6) is 0 Å². The summed E-state index contributed by atoms with van der Waals surface area (Å²) >= 11 is 0. The summed E-state index contributed by atoms with van der Waals surface area (Å²) in [7, 11) is 0. The molecule has 1 atom stereocenters. The van der Waals surface area contributed by atoms with Crippen molar-refractivity contribution in [2.24, 2.45) is 0 Å². The lowest BCUT2D eigenvalue weighted by molar-refractivity contribution is 0.194. The van der Waals surface area contributed by atoms with Crippen LogP contribution in [0.1, 0.15) is 31.0 Å². The zero-order valence-electron chi connectivity index (χ0n) is 7.12. The zero-order valence-corrected chi connectivity index (χ0v) is 7.12. The average Bonchev–Trinajstić information content (AvgIpc) is 2.48. The van der Waals surface area contributed by atoms with Gasteiger partial charge in [-0.3, -0.25) is 0 Å². The van der Waals surface area contributed by atoms with E-state index in [9.17, 15) is 0 Å². The Hall–Kier alpha value is -0.870. The third-order valence-corrected chi connectivity index (χ3v) is 1.67. The van der Waals surface area contributed by atoms with Gasteiger partial charge in [-0.1, -0.05) is 0 Å². The van der Waals surface area contributed by atoms with Gasteiger partial charge in [-0.05, 0) is 13.3 Å². The first-order chi connectivity index (χ1) is 5.74. The van der Waals surface area contributed by atoms with Gasteiger partial charge < -0.3 is 15.2 Å². The van der Waals surface area contributed by atoms with E-state index in [0.717, 1.165) is 17.9 Å². The van der Waals surface area contributed by atoms with Crippen molar-refractivity contribution in [2.45, 2.75) is 25.9 Å². The fourth-order valence-electron chi connectivity index (χ4n) is 0.964. The van der Waals surface area contributed by atoms with E-state index in [1.54, 1.807) is 13.1 Å². The molecule has 68 valence electrons. The number of aliphatic hydroxyl groups is 2. The van der Waals surface area contributed by atoms with Crippen LogP contribution in [0.4, 0.5) is 0 Å². The molecular formula is C8H14N2O2. The third-order valence-electron chi connectivity index (χ3n) is 1.67. The molecule has 1 heterocycles. The van der Waals surface area contributed by atoms with E-state index in [1.165, 1.54) is 0 Å². The molecule has 4 heteroatoms. The van der Waals surface area contributed by atoms with Crippen molar-refractivity contribution in [3.63, 3.8) is 0 Å². The number of rotatable bonds is 4. The van der Waals surface area contributed by atoms with Gasteiger partial charge in [-0.25, -0.2) is 4.98 Å². The Morgan fingerprint density at radius 3 is 2.92 bits per heavy atom. The predicted molar refractivity (Wildman–Crippen MR) is 44.6 cm³/mol. The van der Waals surface area contributed by atoms with E-state index >= 15 is 0 Å². The molecular weight excluding hydrogens is 156 g/mol. The van der Waals surface area contributed by atoms with E-state index in [2.05, 4.69) is 9.97 Å². The van der Waals surface area contributed by atoms with E-state index in [-0.39, 0.29) is 6.61 Å². The lowest BCUT2D eigenvalue weighted by Gasteiger charge is -1.97. The minimum Gasteiger partial charge on any atom is -0.396 e. The van der Waals surface area contributed by atoms with Crippen LogP contribution in [-0.4, -0.2) is 26.8 Å². The normalized spacial score (nSPS) is 13.2. The van der Waals surface area contributed by atoms with Gasteiger partial charge in [-0.15, -0.1) is 0 Å². The Morgan fingerprint density at radius 1 is 1.67 bits per heavy atom. The molecule has 3 N–H and O–H groups in total. The van der Waals surface area contributed by atoms with Crippen LogP contribution < -0.4 is 0 Å². The summed E-state index contributed by atoms with van der Waals surface area (Å²) < 4.78 is 0. The quantitative estimate of drug-likeness (QED) is 0.612. The Labute approximate surface area is 71.3 Å². The van der Waals surface area contributed by atoms with Crippen LogP contribution >= 0.6 is 0 Å². The molecule has 1 rings (SSSR count). The standard InChI is InChI=1S/C8H14N2O2/c1-6(12)7-5-9-8(10-7)3-2-4-11/h5-6,11-12H,2-4H2,1H3,(H,9,10). The van der Waals surface area contributed by atoms with Crippen molar-refractivity contribution in [1.29, 1.82) is 0 Å². The van der Waals surface area contributed by atoms with Crippen molar-refractivity contribution in [3.05, 3.63) is 17.7 Å². The Morgan fingerprint density at radius 2 is 2.42 bits per heavy atom. The van der Waals surface area contributed by atoms with Crippen molar-refractivity contribution >= 4 is 0 Å². The van der Waals surface area contributed by atoms with Gasteiger partial charge >= 0.3 is 0 Å². The molecule has 0 bridgehead atoms. The second-order valence-electron chi connectivity index (χ2n) is 2.79. The molecule has 0 saturated heterocycles. The molecule has 4 nitrogen and oxygen atoms in total. The van der Waals surface area contributed by atoms with Gasteiger partial charge in [0.2, 0.25) is 0 Å². The predicted octanol–water partition coefficient (Wildman–Crippen LogP) is 0.388. The van der Waals surface area contributed by atoms with E-state index in [4.69, 9.17) is 10.2 Å². The fourth-order valence-corrected chi connectivity index (χ4v) is 0.964. The highest BCUT2D eigenvalue weighted by atomic mass is 16.3. The summed E-state index contributed by atoms with van der Waals surface area (Å²) in [5, 5.41) is 17.7. The number of aryl methyl sites for hydroxylation is 1.